The van der Waals surface area contributed by atoms with Crippen molar-refractivity contribution in [1.82, 2.24) is 19.3 Å². The number of halogens is 1. The largest absolute Gasteiger partial charge is 0.390 e. The molecule has 0 radical (unpaired) electrons. The van der Waals surface area contributed by atoms with Gasteiger partial charge in [0.05, 0.1) is 25.9 Å². The van der Waals surface area contributed by atoms with Crippen LogP contribution < -0.4 is 0 Å². The molecule has 32 heavy (non-hydrogen) atoms. The van der Waals surface area contributed by atoms with Gasteiger partial charge in [-0.25, -0.2) is 0 Å². The normalized spacial score (nSPS) is 20.3. The average Bonchev–Trinajstić information content (AvgIpc) is 3.12. The number of benzene rings is 2. The molecule has 3 aromatic rings. The highest BCUT2D eigenvalue weighted by atomic mass is 79.9. The van der Waals surface area contributed by atoms with Gasteiger partial charge in [0.2, 0.25) is 0 Å². The smallest absolute Gasteiger partial charge is 0.0845 e. The summed E-state index contributed by atoms with van der Waals surface area (Å²) < 4.78 is 8.80. The molecule has 7 heteroatoms. The highest BCUT2D eigenvalue weighted by molar-refractivity contribution is 9.10. The fourth-order valence-corrected chi connectivity index (χ4v) is 5.45. The van der Waals surface area contributed by atoms with E-state index in [9.17, 15) is 5.11 Å². The number of piperazine rings is 1. The summed E-state index contributed by atoms with van der Waals surface area (Å²) in [7, 11) is 0. The molecule has 5 rings (SSSR count). The maximum atomic E-state index is 11.0. The minimum absolute atomic E-state index is 0.391. The molecule has 3 heterocycles. The monoisotopic (exact) mass is 500 g/mol. The maximum Gasteiger partial charge on any atom is 0.0845 e. The first-order chi connectivity index (χ1) is 15.7. The first-order valence-electron chi connectivity index (χ1n) is 11.8. The predicted octanol–water partition coefficient (Wildman–Crippen LogP) is 2.87. The lowest BCUT2D eigenvalue weighted by Crippen LogP contribution is -2.51. The van der Waals surface area contributed by atoms with Crippen LogP contribution in [0.1, 0.15) is 0 Å². The average molecular weight is 501 g/mol. The molecule has 2 aromatic carbocycles. The van der Waals surface area contributed by atoms with Crippen LogP contribution >= 0.6 is 15.9 Å². The molecule has 1 atom stereocenters. The van der Waals surface area contributed by atoms with E-state index < -0.39 is 6.10 Å². The van der Waals surface area contributed by atoms with Crippen molar-refractivity contribution in [3.05, 3.63) is 46.9 Å². The number of para-hydroxylation sites is 1. The first kappa shape index (κ1) is 22.3. The van der Waals surface area contributed by atoms with Crippen molar-refractivity contribution in [2.24, 2.45) is 0 Å². The lowest BCUT2D eigenvalue weighted by atomic mass is 10.2. The number of nitrogens with zero attached hydrogens (tertiary/aromatic N) is 4. The van der Waals surface area contributed by atoms with Crippen molar-refractivity contribution >= 4 is 37.7 Å². The molecular weight excluding hydrogens is 468 g/mol. The highest BCUT2D eigenvalue weighted by Gasteiger charge is 2.21. The number of morpholine rings is 1. The second kappa shape index (κ2) is 10.2. The van der Waals surface area contributed by atoms with Gasteiger partial charge in [0.1, 0.15) is 0 Å². The van der Waals surface area contributed by atoms with E-state index in [0.29, 0.717) is 6.54 Å². The van der Waals surface area contributed by atoms with Crippen LogP contribution in [0.25, 0.3) is 21.8 Å². The molecule has 2 aliphatic heterocycles. The molecule has 1 aromatic heterocycles. The van der Waals surface area contributed by atoms with Gasteiger partial charge in [-0.05, 0) is 24.3 Å². The quantitative estimate of drug-likeness (QED) is 0.540. The number of aromatic nitrogens is 1. The predicted molar refractivity (Wildman–Crippen MR) is 133 cm³/mol. The Hall–Kier alpha value is -1.48. The van der Waals surface area contributed by atoms with E-state index in [-0.39, 0.29) is 0 Å². The summed E-state index contributed by atoms with van der Waals surface area (Å²) in [6.07, 6.45) is -0.391. The lowest BCUT2D eigenvalue weighted by molar-refractivity contribution is 0.0267. The Bertz CT molecular complexity index is 1040. The Morgan fingerprint density at radius 3 is 2.22 bits per heavy atom. The van der Waals surface area contributed by atoms with E-state index in [1.54, 1.807) is 0 Å². The van der Waals surface area contributed by atoms with Crippen LogP contribution in [0.15, 0.2) is 46.9 Å². The van der Waals surface area contributed by atoms with Crippen LogP contribution in [0.5, 0.6) is 0 Å². The van der Waals surface area contributed by atoms with Crippen LogP contribution in [-0.4, -0.2) is 103 Å². The molecule has 1 unspecified atom stereocenters. The molecule has 2 fully saturated rings. The molecule has 6 nitrogen and oxygen atoms in total. The van der Waals surface area contributed by atoms with Crippen LogP contribution in [-0.2, 0) is 11.3 Å². The van der Waals surface area contributed by atoms with Gasteiger partial charge in [-0.1, -0.05) is 34.1 Å². The van der Waals surface area contributed by atoms with Gasteiger partial charge in [-0.2, -0.15) is 0 Å². The number of hydrogen-bond donors (Lipinski definition) is 1. The number of β-amino-alcohol motifs (C(OH)–C–C–N with tert-alkyl or cyclic N) is 1. The Kier molecular flexibility index (Phi) is 7.11. The van der Waals surface area contributed by atoms with Crippen LogP contribution in [0.3, 0.4) is 0 Å². The Morgan fingerprint density at radius 1 is 0.781 bits per heavy atom. The molecular formula is C25H33BrN4O2. The molecule has 1 N–H and O–H groups in total. The van der Waals surface area contributed by atoms with Gasteiger partial charge in [-0.3, -0.25) is 14.7 Å². The van der Waals surface area contributed by atoms with E-state index in [1.807, 2.05) is 0 Å². The number of ether oxygens (including phenoxy) is 1. The Morgan fingerprint density at radius 2 is 1.44 bits per heavy atom. The molecule has 0 aliphatic carbocycles. The van der Waals surface area contributed by atoms with Gasteiger partial charge < -0.3 is 14.4 Å². The molecule has 0 saturated carbocycles. The highest BCUT2D eigenvalue weighted by Crippen LogP contribution is 2.31. The number of fused-ring (bicyclic) bond motifs is 3. The second-order valence-electron chi connectivity index (χ2n) is 9.04. The summed E-state index contributed by atoms with van der Waals surface area (Å²) in [5.74, 6) is 0. The minimum atomic E-state index is -0.391. The van der Waals surface area contributed by atoms with Crippen LogP contribution in [0.4, 0.5) is 0 Å². The zero-order chi connectivity index (χ0) is 21.9. The molecule has 0 spiro atoms. The standard InChI is InChI=1S/C25H33BrN4O2/c26-20-5-6-25-23(17-20)22-3-1-2-4-24(22)30(25)19-21(31)18-29-11-9-27(10-12-29)7-8-28-13-15-32-16-14-28/h1-6,17,21,31H,7-16,18-19H2. The summed E-state index contributed by atoms with van der Waals surface area (Å²) in [5, 5.41) is 13.5. The fraction of sp³-hybridized carbons (Fsp3) is 0.520. The molecule has 2 aliphatic rings. The van der Waals surface area contributed by atoms with Crippen molar-refractivity contribution in [1.29, 1.82) is 0 Å². The number of aliphatic hydroxyl groups excluding tert-OH is 1. The SMILES string of the molecule is OC(CN1CCN(CCN2CCOCC2)CC1)Cn1c2ccccc2c2cc(Br)ccc21. The van der Waals surface area contributed by atoms with Crippen molar-refractivity contribution in [2.75, 3.05) is 72.1 Å². The molecule has 0 bridgehead atoms. The maximum absolute atomic E-state index is 11.0. The zero-order valence-electron chi connectivity index (χ0n) is 18.6. The van der Waals surface area contributed by atoms with Crippen molar-refractivity contribution < 1.29 is 9.84 Å². The van der Waals surface area contributed by atoms with Gasteiger partial charge >= 0.3 is 0 Å². The van der Waals surface area contributed by atoms with E-state index >= 15 is 0 Å². The van der Waals surface area contributed by atoms with E-state index in [1.165, 1.54) is 21.8 Å². The van der Waals surface area contributed by atoms with Gasteiger partial charge in [0.15, 0.2) is 0 Å². The Balaban J connectivity index is 1.17. The third kappa shape index (κ3) is 5.03. The van der Waals surface area contributed by atoms with Crippen molar-refractivity contribution in [2.45, 2.75) is 12.6 Å². The lowest BCUT2D eigenvalue weighted by Gasteiger charge is -2.37. The van der Waals surface area contributed by atoms with Gasteiger partial charge in [0, 0.05) is 85.2 Å². The third-order valence-electron chi connectivity index (χ3n) is 6.90. The van der Waals surface area contributed by atoms with E-state index in [0.717, 1.165) is 76.6 Å². The van der Waals surface area contributed by atoms with E-state index in [4.69, 9.17) is 4.74 Å². The zero-order valence-corrected chi connectivity index (χ0v) is 20.2. The topological polar surface area (TPSA) is 44.1 Å². The van der Waals surface area contributed by atoms with E-state index in [2.05, 4.69) is 77.7 Å². The van der Waals surface area contributed by atoms with Crippen LogP contribution in [0.2, 0.25) is 0 Å². The fourth-order valence-electron chi connectivity index (χ4n) is 5.09. The van der Waals surface area contributed by atoms with Crippen molar-refractivity contribution in [3.63, 3.8) is 0 Å². The van der Waals surface area contributed by atoms with Gasteiger partial charge in [-0.15, -0.1) is 0 Å². The molecule has 2 saturated heterocycles. The molecule has 0 amide bonds. The summed E-state index contributed by atoms with van der Waals surface area (Å²) in [5.41, 5.74) is 2.37. The first-order valence-corrected chi connectivity index (χ1v) is 12.6. The number of rotatable bonds is 7. The summed E-state index contributed by atoms with van der Waals surface area (Å²) >= 11 is 3.60. The van der Waals surface area contributed by atoms with Crippen molar-refractivity contribution in [3.8, 4) is 0 Å². The Labute approximate surface area is 198 Å². The summed E-state index contributed by atoms with van der Waals surface area (Å²) in [6.45, 7) is 11.7. The number of aliphatic hydroxyl groups is 1. The summed E-state index contributed by atoms with van der Waals surface area (Å²) in [6, 6.07) is 14.9. The van der Waals surface area contributed by atoms with Gasteiger partial charge in [0.25, 0.3) is 0 Å². The third-order valence-corrected chi connectivity index (χ3v) is 7.39. The van der Waals surface area contributed by atoms with Crippen LogP contribution in [0, 0.1) is 0 Å². The second-order valence-corrected chi connectivity index (χ2v) is 9.95. The molecule has 172 valence electrons. The summed E-state index contributed by atoms with van der Waals surface area (Å²) in [4.78, 5) is 7.48. The minimum Gasteiger partial charge on any atom is -0.390 e. The number of hydrogen-bond acceptors (Lipinski definition) is 5.